The highest BCUT2D eigenvalue weighted by atomic mass is 31.2. The van der Waals surface area contributed by atoms with Gasteiger partial charge in [-0.05, 0) is 213 Å². The Morgan fingerprint density at radius 2 is 0.470 bits per heavy atom. The van der Waals surface area contributed by atoms with Gasteiger partial charge in [0, 0.05) is 32.2 Å². The number of benzene rings is 15. The minimum Gasteiger partial charge on any atom is -0.335 e. The molecule has 16 aromatic rings. The van der Waals surface area contributed by atoms with Crippen molar-refractivity contribution < 1.29 is 4.57 Å². The molecule has 6 aliphatic carbocycles. The normalized spacial score (nSPS) is 16.3. The van der Waals surface area contributed by atoms with Crippen LogP contribution in [-0.2, 0) is 26.3 Å². The maximum absolute atomic E-state index is 17.8. The summed E-state index contributed by atoms with van der Waals surface area (Å²) in [4.78, 5) is 0. The summed E-state index contributed by atoms with van der Waals surface area (Å²) >= 11 is 0. The average molecular weight is 1290 g/mol. The smallest absolute Gasteiger partial charge is 0.171 e. The van der Waals surface area contributed by atoms with Gasteiger partial charge in [-0.25, -0.2) is 0 Å². The molecular weight excluding hydrogens is 1230 g/mol. The topological polar surface area (TPSA) is 22.0 Å². The van der Waals surface area contributed by atoms with E-state index in [4.69, 9.17) is 0 Å². The van der Waals surface area contributed by atoms with E-state index in [0.29, 0.717) is 0 Å². The number of hydrogen-bond donors (Lipinski definition) is 0. The summed E-state index contributed by atoms with van der Waals surface area (Å²) in [6, 6.07) is 125. The fourth-order valence-electron chi connectivity index (χ4n) is 20.2. The van der Waals surface area contributed by atoms with Crippen molar-refractivity contribution in [3.05, 3.63) is 400 Å². The Morgan fingerprint density at radius 1 is 0.230 bits per heavy atom. The van der Waals surface area contributed by atoms with E-state index in [-0.39, 0.29) is 5.54 Å². The van der Waals surface area contributed by atoms with Crippen LogP contribution in [0, 0.1) is 0 Å². The first kappa shape index (κ1) is 56.4. The number of nitrogens with zero attached hydrogens (tertiary/aromatic N) is 1. The second-order valence-corrected chi connectivity index (χ2v) is 32.3. The molecule has 0 fully saturated rings. The fourth-order valence-corrected chi connectivity index (χ4v) is 22.9. The van der Waals surface area contributed by atoms with Crippen molar-refractivity contribution in [3.63, 3.8) is 0 Å². The van der Waals surface area contributed by atoms with Gasteiger partial charge in [0.15, 0.2) is 7.14 Å². The minimum absolute atomic E-state index is 0.268. The summed E-state index contributed by atoms with van der Waals surface area (Å²) in [7, 11) is -3.66. The van der Waals surface area contributed by atoms with Crippen molar-refractivity contribution in [2.75, 3.05) is 0 Å². The van der Waals surface area contributed by atoms with Crippen LogP contribution in [-0.4, -0.2) is 4.57 Å². The van der Waals surface area contributed by atoms with Crippen LogP contribution in [0.15, 0.2) is 334 Å². The van der Waals surface area contributed by atoms with E-state index in [1.54, 1.807) is 0 Å². The van der Waals surface area contributed by atoms with Gasteiger partial charge >= 0.3 is 0 Å². The van der Waals surface area contributed by atoms with Gasteiger partial charge in [0.2, 0.25) is 0 Å². The first-order valence-corrected chi connectivity index (χ1v) is 36.9. The minimum atomic E-state index is -3.66. The molecule has 15 aromatic carbocycles. The van der Waals surface area contributed by atoms with Crippen molar-refractivity contribution in [3.8, 4) is 89.0 Å². The van der Waals surface area contributed by atoms with E-state index in [2.05, 4.69) is 353 Å². The summed E-state index contributed by atoms with van der Waals surface area (Å²) < 4.78 is 20.3. The number of fused-ring (bicyclic) bond motifs is 33. The zero-order chi connectivity index (χ0) is 66.2. The van der Waals surface area contributed by atoms with Crippen molar-refractivity contribution in [1.29, 1.82) is 0 Å². The van der Waals surface area contributed by atoms with Crippen LogP contribution in [0.5, 0.6) is 0 Å². The summed E-state index contributed by atoms with van der Waals surface area (Å²) in [5.74, 6) is 0. The van der Waals surface area contributed by atoms with E-state index >= 15 is 4.57 Å². The molecule has 0 bridgehead atoms. The molecule has 2 unspecified atom stereocenters. The summed E-state index contributed by atoms with van der Waals surface area (Å²) in [5.41, 5.74) is 35.4. The van der Waals surface area contributed by atoms with Crippen LogP contribution >= 0.6 is 7.14 Å². The van der Waals surface area contributed by atoms with Gasteiger partial charge in [0.25, 0.3) is 0 Å². The Kier molecular flexibility index (Phi) is 11.2. The molecule has 0 saturated carbocycles. The molecule has 0 radical (unpaired) electrons. The maximum atomic E-state index is 17.8. The van der Waals surface area contributed by atoms with E-state index in [1.807, 2.05) is 6.07 Å². The predicted octanol–water partition coefficient (Wildman–Crippen LogP) is 22.6. The monoisotopic (exact) mass is 1290 g/mol. The van der Waals surface area contributed by atoms with Gasteiger partial charge in [-0.15, -0.1) is 0 Å². The molecule has 468 valence electrons. The van der Waals surface area contributed by atoms with E-state index in [0.717, 1.165) is 32.6 Å². The summed E-state index contributed by atoms with van der Waals surface area (Å²) in [5, 5.41) is 4.95. The summed E-state index contributed by atoms with van der Waals surface area (Å²) in [6.45, 7) is 7.04. The molecule has 2 nitrogen and oxygen atoms in total. The molecular formula is C97H64NOP. The Hall–Kier alpha value is -11.7. The van der Waals surface area contributed by atoms with Crippen LogP contribution in [0.2, 0.25) is 0 Å². The molecule has 3 spiro atoms. The van der Waals surface area contributed by atoms with Gasteiger partial charge in [-0.3, -0.25) is 0 Å². The third-order valence-electron chi connectivity index (χ3n) is 24.0. The van der Waals surface area contributed by atoms with Gasteiger partial charge in [-0.2, -0.15) is 0 Å². The highest BCUT2D eigenvalue weighted by Gasteiger charge is 2.56. The zero-order valence-electron chi connectivity index (χ0n) is 55.6. The van der Waals surface area contributed by atoms with Crippen molar-refractivity contribution in [2.24, 2.45) is 0 Å². The zero-order valence-corrected chi connectivity index (χ0v) is 56.5. The predicted molar refractivity (Wildman–Crippen MR) is 414 cm³/mol. The lowest BCUT2D eigenvalue weighted by Gasteiger charge is -2.32. The first-order valence-electron chi connectivity index (χ1n) is 35.2. The van der Waals surface area contributed by atoms with Crippen LogP contribution in [0.4, 0.5) is 0 Å². The van der Waals surface area contributed by atoms with Crippen LogP contribution < -0.4 is 15.9 Å². The quantitative estimate of drug-likeness (QED) is 0.157. The van der Waals surface area contributed by atoms with Crippen LogP contribution in [0.1, 0.15) is 87.5 Å². The first-order chi connectivity index (χ1) is 49.1. The molecule has 0 saturated heterocycles. The van der Waals surface area contributed by atoms with Gasteiger partial charge < -0.3 is 9.13 Å². The molecule has 0 N–H and O–H groups in total. The second kappa shape index (κ2) is 19.8. The van der Waals surface area contributed by atoms with Crippen molar-refractivity contribution in [2.45, 2.75) is 42.6 Å². The molecule has 3 heteroatoms. The molecule has 0 amide bonds. The van der Waals surface area contributed by atoms with Crippen molar-refractivity contribution >= 4 is 44.9 Å². The SMILES string of the molecule is CC(C)(C)n1c2cc(-c3ccc4c(c3)C3(c5ccccc5-c5ccccc53)c3ccccc3-4)ccc2c2ccc(-c3ccc4c(c3)C3(c5ccccc5-4)c4ccccc4-c4ccc(P(=O)(c5ccccc5)c5ccc6c(c5)C5(c7ccccc7-c7ccccc75)c5ccccc5-6)cc43)cc21. The van der Waals surface area contributed by atoms with E-state index < -0.39 is 23.4 Å². The highest BCUT2D eigenvalue weighted by molar-refractivity contribution is 7.85. The Bertz CT molecular complexity index is 6250. The number of rotatable bonds is 5. The van der Waals surface area contributed by atoms with Crippen molar-refractivity contribution in [1.82, 2.24) is 4.57 Å². The van der Waals surface area contributed by atoms with E-state index in [9.17, 15) is 0 Å². The maximum Gasteiger partial charge on any atom is 0.171 e. The molecule has 22 rings (SSSR count). The lowest BCUT2D eigenvalue weighted by atomic mass is 9.70. The third-order valence-corrected chi connectivity index (χ3v) is 27.0. The van der Waals surface area contributed by atoms with Gasteiger partial charge in [-0.1, -0.05) is 297 Å². The molecule has 100 heavy (non-hydrogen) atoms. The van der Waals surface area contributed by atoms with Gasteiger partial charge in [0.1, 0.15) is 0 Å². The molecule has 1 heterocycles. The standard InChI is InChI=1S/C97H64NOP/c1-94(2,3)98-92-55-61(59-41-47-74-70-29-11-19-37-84(70)95(88(74)53-59)80-33-15-7-25-66(80)67-26-8-16-34-81(67)95)43-49-78(92)79-50-44-62(56-93(79)98)60-42-48-75-71-30-13-21-39-86(71)97(89(75)54-60)87-40-22-14-32-73(87)77-52-46-65(58-91(77)97)100(99,63-23-5-4-6-24-63)64-45-51-76-72-31-12-20-38-85(72)96(90(76)57-64)82-35-17-9-27-68(82)69-28-10-18-36-83(69)96/h4-58H,1-3H3. The van der Waals surface area contributed by atoms with E-state index in [1.165, 1.54) is 161 Å². The Balaban J connectivity index is 0.706. The Labute approximate surface area is 582 Å². The highest BCUT2D eigenvalue weighted by Crippen LogP contribution is 2.67. The molecule has 1 aromatic heterocycles. The second-order valence-electron chi connectivity index (χ2n) is 29.5. The van der Waals surface area contributed by atoms with Crippen LogP contribution in [0.3, 0.4) is 0 Å². The average Bonchev–Trinajstić information content (AvgIpc) is 1.52. The summed E-state index contributed by atoms with van der Waals surface area (Å²) in [6.07, 6.45) is 0. The number of aromatic nitrogens is 1. The fraction of sp³-hybridized carbons (Fsp3) is 0.0722. The Morgan fingerprint density at radius 3 is 0.780 bits per heavy atom. The molecule has 0 aliphatic heterocycles. The molecule has 6 aliphatic rings. The van der Waals surface area contributed by atoms with Crippen LogP contribution in [0.25, 0.3) is 111 Å². The molecule has 2 atom stereocenters. The number of hydrogen-bond acceptors (Lipinski definition) is 1. The lowest BCUT2D eigenvalue weighted by molar-refractivity contribution is 0.423. The largest absolute Gasteiger partial charge is 0.335 e. The van der Waals surface area contributed by atoms with Gasteiger partial charge in [0.05, 0.1) is 27.3 Å². The third kappa shape index (κ3) is 6.88. The lowest BCUT2D eigenvalue weighted by Crippen LogP contribution is -2.31.